The number of fused-ring (bicyclic) bond motifs is 1. The molecule has 0 radical (unpaired) electrons. The average molecular weight is 367 g/mol. The van der Waals surface area contributed by atoms with Crippen LogP contribution in [0.3, 0.4) is 0 Å². The maximum Gasteiger partial charge on any atom is 0.220 e. The van der Waals surface area contributed by atoms with Crippen LogP contribution in [0.1, 0.15) is 55.7 Å². The minimum atomic E-state index is 0.0772. The Morgan fingerprint density at radius 2 is 1.96 bits per heavy atom. The van der Waals surface area contributed by atoms with Gasteiger partial charge in [-0.15, -0.1) is 15.3 Å². The number of hydrogen-bond donors (Lipinski definition) is 1. The number of carbonyl (C=O) groups is 1. The van der Waals surface area contributed by atoms with Gasteiger partial charge in [-0.3, -0.25) is 4.79 Å². The van der Waals surface area contributed by atoms with Crippen molar-refractivity contribution in [3.8, 4) is 5.82 Å². The lowest BCUT2D eigenvalue weighted by Gasteiger charge is -2.22. The van der Waals surface area contributed by atoms with Crippen LogP contribution < -0.4 is 5.32 Å². The highest BCUT2D eigenvalue weighted by Gasteiger charge is 2.17. The lowest BCUT2D eigenvalue weighted by molar-refractivity contribution is -0.122. The molecule has 142 valence electrons. The molecule has 1 N–H and O–H groups in total. The zero-order chi connectivity index (χ0) is 18.8. The standard InChI is InChI=1S/C19H25N7O/c1-13-12-14(2)25(23-13)18-9-8-16-21-22-17(26(16)24-18)10-11-19(27)20-15-6-4-3-5-7-15/h8-9,12,15H,3-7,10-11H2,1-2H3,(H,20,27). The molecule has 3 aromatic heterocycles. The lowest BCUT2D eigenvalue weighted by Crippen LogP contribution is -2.36. The molecule has 0 atom stereocenters. The number of aromatic nitrogens is 6. The topological polar surface area (TPSA) is 90.0 Å². The van der Waals surface area contributed by atoms with Gasteiger partial charge in [0.2, 0.25) is 5.91 Å². The number of aryl methyl sites for hydroxylation is 3. The number of amides is 1. The van der Waals surface area contributed by atoms with E-state index < -0.39 is 0 Å². The van der Waals surface area contributed by atoms with Crippen molar-refractivity contribution in [1.82, 2.24) is 34.9 Å². The van der Waals surface area contributed by atoms with E-state index in [1.807, 2.05) is 32.0 Å². The van der Waals surface area contributed by atoms with E-state index in [-0.39, 0.29) is 5.91 Å². The van der Waals surface area contributed by atoms with Crippen LogP contribution in [0.25, 0.3) is 11.5 Å². The van der Waals surface area contributed by atoms with Gasteiger partial charge in [-0.1, -0.05) is 19.3 Å². The second kappa shape index (κ2) is 7.46. The highest BCUT2D eigenvalue weighted by Crippen LogP contribution is 2.17. The summed E-state index contributed by atoms with van der Waals surface area (Å²) >= 11 is 0. The number of rotatable bonds is 5. The van der Waals surface area contributed by atoms with Crippen molar-refractivity contribution in [3.05, 3.63) is 35.4 Å². The molecule has 3 aromatic rings. The van der Waals surface area contributed by atoms with E-state index in [2.05, 4.69) is 25.7 Å². The van der Waals surface area contributed by atoms with Gasteiger partial charge >= 0.3 is 0 Å². The van der Waals surface area contributed by atoms with E-state index in [9.17, 15) is 4.79 Å². The molecule has 0 aromatic carbocycles. The summed E-state index contributed by atoms with van der Waals surface area (Å²) in [7, 11) is 0. The molecule has 1 aliphatic carbocycles. The van der Waals surface area contributed by atoms with E-state index in [4.69, 9.17) is 0 Å². The van der Waals surface area contributed by atoms with Crippen molar-refractivity contribution < 1.29 is 4.79 Å². The Bertz CT molecular complexity index is 952. The van der Waals surface area contributed by atoms with E-state index in [0.29, 0.717) is 36.2 Å². The summed E-state index contributed by atoms with van der Waals surface area (Å²) in [5.74, 6) is 1.47. The highest BCUT2D eigenvalue weighted by molar-refractivity contribution is 5.76. The van der Waals surface area contributed by atoms with E-state index in [1.54, 1.807) is 9.20 Å². The van der Waals surface area contributed by atoms with Gasteiger partial charge in [-0.25, -0.2) is 4.68 Å². The fourth-order valence-electron chi connectivity index (χ4n) is 3.73. The SMILES string of the molecule is Cc1cc(C)n(-c2ccc3nnc(CCC(=O)NC4CCCCC4)n3n2)n1. The molecule has 0 aliphatic heterocycles. The van der Waals surface area contributed by atoms with Gasteiger partial charge in [0.1, 0.15) is 0 Å². The van der Waals surface area contributed by atoms with Crippen LogP contribution in [0.2, 0.25) is 0 Å². The summed E-state index contributed by atoms with van der Waals surface area (Å²) in [6.45, 7) is 3.95. The van der Waals surface area contributed by atoms with E-state index >= 15 is 0 Å². The van der Waals surface area contributed by atoms with Crippen LogP contribution >= 0.6 is 0 Å². The number of nitrogens with one attached hydrogen (secondary N) is 1. The zero-order valence-corrected chi connectivity index (χ0v) is 15.9. The van der Waals surface area contributed by atoms with Crippen LogP contribution in [0.15, 0.2) is 18.2 Å². The van der Waals surface area contributed by atoms with Crippen molar-refractivity contribution >= 4 is 11.6 Å². The van der Waals surface area contributed by atoms with E-state index in [0.717, 1.165) is 24.2 Å². The molecule has 0 spiro atoms. The van der Waals surface area contributed by atoms with Crippen LogP contribution in [0.5, 0.6) is 0 Å². The third-order valence-electron chi connectivity index (χ3n) is 5.09. The molecule has 1 aliphatic rings. The molecule has 4 rings (SSSR count). The van der Waals surface area contributed by atoms with Gasteiger partial charge in [-0.05, 0) is 44.9 Å². The molecule has 8 heteroatoms. The van der Waals surface area contributed by atoms with Crippen molar-refractivity contribution in [1.29, 1.82) is 0 Å². The Balaban J connectivity index is 1.48. The summed E-state index contributed by atoms with van der Waals surface area (Å²) in [6.07, 6.45) is 6.77. The number of nitrogens with zero attached hydrogens (tertiary/aromatic N) is 6. The summed E-state index contributed by atoms with van der Waals surface area (Å²) < 4.78 is 3.51. The third kappa shape index (κ3) is 3.84. The Kier molecular flexibility index (Phi) is 4.87. The van der Waals surface area contributed by atoms with Gasteiger partial charge in [0.05, 0.1) is 5.69 Å². The maximum atomic E-state index is 12.3. The highest BCUT2D eigenvalue weighted by atomic mass is 16.1. The molecule has 1 amide bonds. The normalized spacial score (nSPS) is 15.3. The molecule has 0 saturated heterocycles. The van der Waals surface area contributed by atoms with Crippen molar-refractivity contribution in [2.45, 2.75) is 64.8 Å². The second-order valence-electron chi connectivity index (χ2n) is 7.32. The number of hydrogen-bond acceptors (Lipinski definition) is 5. The summed E-state index contributed by atoms with van der Waals surface area (Å²) in [5, 5.41) is 20.6. The maximum absolute atomic E-state index is 12.3. The molecule has 0 bridgehead atoms. The lowest BCUT2D eigenvalue weighted by atomic mass is 9.95. The Hall–Kier alpha value is -2.77. The Labute approximate surface area is 158 Å². The molecule has 3 heterocycles. The minimum absolute atomic E-state index is 0.0772. The van der Waals surface area contributed by atoms with Crippen LogP contribution in [-0.4, -0.2) is 41.5 Å². The van der Waals surface area contributed by atoms with Crippen LogP contribution in [0, 0.1) is 13.8 Å². The average Bonchev–Trinajstić information content (AvgIpc) is 3.22. The first-order valence-corrected chi connectivity index (χ1v) is 9.64. The van der Waals surface area contributed by atoms with E-state index in [1.165, 1.54) is 19.3 Å². The monoisotopic (exact) mass is 367 g/mol. The minimum Gasteiger partial charge on any atom is -0.353 e. The molecule has 27 heavy (non-hydrogen) atoms. The molecule has 8 nitrogen and oxygen atoms in total. The molecule has 0 unspecified atom stereocenters. The van der Waals surface area contributed by atoms with Gasteiger partial charge in [0.25, 0.3) is 0 Å². The molecule has 1 fully saturated rings. The predicted octanol–water partition coefficient (Wildman–Crippen LogP) is 2.31. The third-order valence-corrected chi connectivity index (χ3v) is 5.09. The quantitative estimate of drug-likeness (QED) is 0.747. The fraction of sp³-hybridized carbons (Fsp3) is 0.526. The molecular weight excluding hydrogens is 342 g/mol. The predicted molar refractivity (Wildman–Crippen MR) is 101 cm³/mol. The fourth-order valence-corrected chi connectivity index (χ4v) is 3.73. The van der Waals surface area contributed by atoms with Crippen molar-refractivity contribution in [3.63, 3.8) is 0 Å². The van der Waals surface area contributed by atoms with Crippen molar-refractivity contribution in [2.24, 2.45) is 0 Å². The number of carbonyl (C=O) groups excluding carboxylic acids is 1. The largest absolute Gasteiger partial charge is 0.353 e. The van der Waals surface area contributed by atoms with Gasteiger partial charge < -0.3 is 5.32 Å². The zero-order valence-electron chi connectivity index (χ0n) is 15.9. The Morgan fingerprint density at radius 1 is 1.15 bits per heavy atom. The molecule has 1 saturated carbocycles. The van der Waals surface area contributed by atoms with Crippen LogP contribution in [0.4, 0.5) is 0 Å². The summed E-state index contributed by atoms with van der Waals surface area (Å²) in [5.41, 5.74) is 2.63. The van der Waals surface area contributed by atoms with Gasteiger partial charge in [0, 0.05) is 24.6 Å². The van der Waals surface area contributed by atoms with Crippen molar-refractivity contribution in [2.75, 3.05) is 0 Å². The summed E-state index contributed by atoms with van der Waals surface area (Å²) in [4.78, 5) is 12.3. The van der Waals surface area contributed by atoms with Crippen LogP contribution in [-0.2, 0) is 11.2 Å². The smallest absolute Gasteiger partial charge is 0.220 e. The van der Waals surface area contributed by atoms with Gasteiger partial charge in [-0.2, -0.15) is 9.61 Å². The Morgan fingerprint density at radius 3 is 2.70 bits per heavy atom. The molecular formula is C19H25N7O. The first kappa shape index (κ1) is 17.6. The van der Waals surface area contributed by atoms with Gasteiger partial charge in [0.15, 0.2) is 17.3 Å². The summed E-state index contributed by atoms with van der Waals surface area (Å²) in [6, 6.07) is 6.09. The first-order chi connectivity index (χ1) is 13.1. The second-order valence-corrected chi connectivity index (χ2v) is 7.32. The first-order valence-electron chi connectivity index (χ1n) is 9.64.